The van der Waals surface area contributed by atoms with Crippen molar-refractivity contribution in [2.24, 2.45) is 0 Å². The number of sulfonamides is 1. The molecule has 23 heavy (non-hydrogen) atoms. The number of carbonyl (C=O) groups excluding carboxylic acids is 1. The Morgan fingerprint density at radius 2 is 2.13 bits per heavy atom. The van der Waals surface area contributed by atoms with E-state index in [1.165, 1.54) is 12.4 Å². The maximum atomic E-state index is 12.5. The van der Waals surface area contributed by atoms with Crippen LogP contribution in [0, 0.1) is 0 Å². The van der Waals surface area contributed by atoms with Gasteiger partial charge in [0.05, 0.1) is 17.9 Å². The van der Waals surface area contributed by atoms with Crippen molar-refractivity contribution in [1.29, 1.82) is 0 Å². The van der Waals surface area contributed by atoms with Crippen molar-refractivity contribution < 1.29 is 13.2 Å². The first-order valence-electron chi connectivity index (χ1n) is 7.36. The monoisotopic (exact) mass is 334 g/mol. The molecule has 0 unspecified atom stereocenters. The molecule has 2 heterocycles. The Morgan fingerprint density at radius 3 is 2.87 bits per heavy atom. The van der Waals surface area contributed by atoms with Gasteiger partial charge in [0.1, 0.15) is 11.2 Å². The zero-order chi connectivity index (χ0) is 16.6. The molecule has 0 aliphatic carbocycles. The van der Waals surface area contributed by atoms with Crippen molar-refractivity contribution in [3.05, 3.63) is 42.0 Å². The number of para-hydroxylation sites is 1. The third-order valence-electron chi connectivity index (χ3n) is 3.82. The molecule has 0 fully saturated rings. The number of nitrogens with zero attached hydrogens (tertiary/aromatic N) is 3. The number of hydrogen-bond acceptors (Lipinski definition) is 4. The van der Waals surface area contributed by atoms with Crippen LogP contribution < -0.4 is 4.72 Å². The van der Waals surface area contributed by atoms with E-state index in [1.807, 2.05) is 6.92 Å². The number of rotatable bonds is 3. The van der Waals surface area contributed by atoms with E-state index in [-0.39, 0.29) is 23.0 Å². The van der Waals surface area contributed by atoms with E-state index in [0.717, 1.165) is 6.42 Å². The Morgan fingerprint density at radius 1 is 1.39 bits per heavy atom. The summed E-state index contributed by atoms with van der Waals surface area (Å²) in [6.07, 6.45) is 2.34. The quantitative estimate of drug-likeness (QED) is 0.912. The molecule has 3 rings (SSSR count). The molecule has 0 spiro atoms. The van der Waals surface area contributed by atoms with Crippen LogP contribution in [0.2, 0.25) is 0 Å². The maximum Gasteiger partial charge on any atom is 0.274 e. The van der Waals surface area contributed by atoms with Crippen molar-refractivity contribution >= 4 is 15.9 Å². The van der Waals surface area contributed by atoms with Gasteiger partial charge in [-0.3, -0.25) is 9.36 Å². The number of aromatic nitrogens is 2. The molecule has 2 aromatic rings. The van der Waals surface area contributed by atoms with Crippen LogP contribution in [0.15, 0.2) is 35.5 Å². The minimum Gasteiger partial charge on any atom is -0.340 e. The molecule has 0 saturated heterocycles. The molecule has 0 atom stereocenters. The summed E-state index contributed by atoms with van der Waals surface area (Å²) < 4.78 is 28.9. The predicted octanol–water partition coefficient (Wildman–Crippen LogP) is 1.15. The van der Waals surface area contributed by atoms with Crippen molar-refractivity contribution in [2.75, 3.05) is 13.6 Å². The van der Waals surface area contributed by atoms with Gasteiger partial charge in [-0.1, -0.05) is 19.1 Å². The standard InChI is InChI=1S/C15H18N4O3S/c1-3-8-18(2)15(20)14-12-9-17-23(21,22)13-7-5-4-6-11(13)19(12)10-16-14/h4-7,10,17H,3,8-9H2,1-2H3. The fourth-order valence-corrected chi connectivity index (χ4v) is 3.85. The lowest BCUT2D eigenvalue weighted by Gasteiger charge is -2.15. The molecule has 0 saturated carbocycles. The van der Waals surface area contributed by atoms with Crippen LogP contribution in [0.3, 0.4) is 0 Å². The van der Waals surface area contributed by atoms with Crippen LogP contribution in [0.25, 0.3) is 5.69 Å². The van der Waals surface area contributed by atoms with E-state index in [2.05, 4.69) is 9.71 Å². The largest absolute Gasteiger partial charge is 0.340 e. The normalized spacial score (nSPS) is 15.4. The van der Waals surface area contributed by atoms with Gasteiger partial charge in [0, 0.05) is 13.6 Å². The molecular weight excluding hydrogens is 316 g/mol. The van der Waals surface area contributed by atoms with E-state index in [0.29, 0.717) is 17.9 Å². The Kier molecular flexibility index (Phi) is 3.95. The number of benzene rings is 1. The van der Waals surface area contributed by atoms with Gasteiger partial charge in [-0.25, -0.2) is 18.1 Å². The molecule has 8 heteroatoms. The van der Waals surface area contributed by atoms with E-state index >= 15 is 0 Å². The molecule has 0 bridgehead atoms. The first kappa shape index (κ1) is 15.7. The molecule has 7 nitrogen and oxygen atoms in total. The summed E-state index contributed by atoms with van der Waals surface area (Å²) >= 11 is 0. The van der Waals surface area contributed by atoms with Crippen molar-refractivity contribution in [3.8, 4) is 5.69 Å². The zero-order valence-corrected chi connectivity index (χ0v) is 13.8. The first-order chi connectivity index (χ1) is 11.0. The highest BCUT2D eigenvalue weighted by atomic mass is 32.2. The summed E-state index contributed by atoms with van der Waals surface area (Å²) in [6.45, 7) is 2.63. The van der Waals surface area contributed by atoms with E-state index in [4.69, 9.17) is 0 Å². The number of hydrogen-bond donors (Lipinski definition) is 1. The highest BCUT2D eigenvalue weighted by Crippen LogP contribution is 2.26. The van der Waals surface area contributed by atoms with Gasteiger partial charge in [0.2, 0.25) is 10.0 Å². The lowest BCUT2D eigenvalue weighted by molar-refractivity contribution is 0.0788. The number of carbonyl (C=O) groups is 1. The second-order valence-corrected chi connectivity index (χ2v) is 7.16. The van der Waals surface area contributed by atoms with Crippen LogP contribution in [0.1, 0.15) is 29.5 Å². The molecule has 1 aromatic carbocycles. The van der Waals surface area contributed by atoms with Gasteiger partial charge in [0.25, 0.3) is 5.91 Å². The number of amides is 1. The van der Waals surface area contributed by atoms with Gasteiger partial charge in [-0.05, 0) is 18.6 Å². The summed E-state index contributed by atoms with van der Waals surface area (Å²) in [4.78, 5) is 18.5. The van der Waals surface area contributed by atoms with E-state index < -0.39 is 10.0 Å². The molecule has 1 N–H and O–H groups in total. The van der Waals surface area contributed by atoms with E-state index in [9.17, 15) is 13.2 Å². The van der Waals surface area contributed by atoms with Crippen LogP contribution in [0.5, 0.6) is 0 Å². The topological polar surface area (TPSA) is 84.3 Å². The third-order valence-corrected chi connectivity index (χ3v) is 5.27. The Labute approximate surface area is 135 Å². The predicted molar refractivity (Wildman–Crippen MR) is 84.8 cm³/mol. The fourth-order valence-electron chi connectivity index (χ4n) is 2.67. The van der Waals surface area contributed by atoms with Gasteiger partial charge < -0.3 is 4.90 Å². The van der Waals surface area contributed by atoms with Crippen LogP contribution in [-0.4, -0.2) is 42.4 Å². The summed E-state index contributed by atoms with van der Waals surface area (Å²) in [6, 6.07) is 6.67. The lowest BCUT2D eigenvalue weighted by Crippen LogP contribution is -2.29. The van der Waals surface area contributed by atoms with Crippen molar-refractivity contribution in [3.63, 3.8) is 0 Å². The lowest BCUT2D eigenvalue weighted by atomic mass is 10.2. The molecule has 1 aliphatic rings. The smallest absolute Gasteiger partial charge is 0.274 e. The molecular formula is C15H18N4O3S. The Hall–Kier alpha value is -2.19. The van der Waals surface area contributed by atoms with Crippen LogP contribution >= 0.6 is 0 Å². The Bertz CT molecular complexity index is 857. The number of nitrogens with one attached hydrogen (secondary N) is 1. The summed E-state index contributed by atoms with van der Waals surface area (Å²) in [7, 11) is -1.90. The molecule has 0 radical (unpaired) electrons. The van der Waals surface area contributed by atoms with Crippen molar-refractivity contribution in [1.82, 2.24) is 19.2 Å². The number of imidazole rings is 1. The molecule has 1 amide bonds. The molecule has 1 aliphatic heterocycles. The molecule has 1 aromatic heterocycles. The van der Waals surface area contributed by atoms with Crippen molar-refractivity contribution in [2.45, 2.75) is 24.8 Å². The average molecular weight is 334 g/mol. The van der Waals surface area contributed by atoms with Gasteiger partial charge in [-0.15, -0.1) is 0 Å². The Balaban J connectivity index is 2.13. The highest BCUT2D eigenvalue weighted by molar-refractivity contribution is 7.89. The van der Waals surface area contributed by atoms with Crippen LogP contribution in [0.4, 0.5) is 0 Å². The number of fused-ring (bicyclic) bond motifs is 3. The first-order valence-corrected chi connectivity index (χ1v) is 8.84. The van der Waals surface area contributed by atoms with Gasteiger partial charge >= 0.3 is 0 Å². The average Bonchev–Trinajstić information content (AvgIpc) is 2.91. The second kappa shape index (κ2) is 5.78. The summed E-state index contributed by atoms with van der Waals surface area (Å²) in [5.41, 5.74) is 1.32. The second-order valence-electron chi connectivity index (χ2n) is 5.43. The van der Waals surface area contributed by atoms with Gasteiger partial charge in [0.15, 0.2) is 5.69 Å². The maximum absolute atomic E-state index is 12.5. The summed E-state index contributed by atoms with van der Waals surface area (Å²) in [5.74, 6) is -0.209. The summed E-state index contributed by atoms with van der Waals surface area (Å²) in [5, 5.41) is 0. The SMILES string of the molecule is CCCN(C)C(=O)c1ncn2c1CNS(=O)(=O)c1ccccc1-2. The minimum absolute atomic E-state index is 0.0258. The van der Waals surface area contributed by atoms with Gasteiger partial charge in [-0.2, -0.15) is 0 Å². The highest BCUT2D eigenvalue weighted by Gasteiger charge is 2.29. The van der Waals surface area contributed by atoms with Crippen LogP contribution in [-0.2, 0) is 16.6 Å². The fraction of sp³-hybridized carbons (Fsp3) is 0.333. The molecule has 122 valence electrons. The van der Waals surface area contributed by atoms with E-state index in [1.54, 1.807) is 34.7 Å². The minimum atomic E-state index is -3.61. The third kappa shape index (κ3) is 2.64. The zero-order valence-electron chi connectivity index (χ0n) is 13.0.